The second-order valence-corrected chi connectivity index (χ2v) is 5.65. The van der Waals surface area contributed by atoms with Crippen molar-refractivity contribution < 1.29 is 10.2 Å². The molecule has 0 unspecified atom stereocenters. The predicted octanol–water partition coefficient (Wildman–Crippen LogP) is 4.34. The lowest BCUT2D eigenvalue weighted by atomic mass is 9.82. The van der Waals surface area contributed by atoms with Crippen molar-refractivity contribution in [2.45, 2.75) is 38.5 Å². The summed E-state index contributed by atoms with van der Waals surface area (Å²) >= 11 is 0. The number of aliphatic hydroxyl groups excluding tert-OH is 2. The van der Waals surface area contributed by atoms with Gasteiger partial charge in [-0.2, -0.15) is 0 Å². The van der Waals surface area contributed by atoms with Gasteiger partial charge in [0.15, 0.2) is 0 Å². The van der Waals surface area contributed by atoms with Crippen LogP contribution in [0.1, 0.15) is 38.5 Å². The molecule has 0 radical (unpaired) electrons. The van der Waals surface area contributed by atoms with Crippen molar-refractivity contribution in [1.29, 1.82) is 0 Å². The topological polar surface area (TPSA) is 40.5 Å². The van der Waals surface area contributed by atoms with E-state index in [2.05, 4.69) is 18.2 Å². The zero-order valence-corrected chi connectivity index (χ0v) is 10.6. The summed E-state index contributed by atoms with van der Waals surface area (Å²) in [5, 5.41) is 20.1. The number of hydrogen-bond acceptors (Lipinski definition) is 2. The van der Waals surface area contributed by atoms with E-state index in [1.807, 2.05) is 6.08 Å². The Hall–Kier alpha value is -1.44. The van der Waals surface area contributed by atoms with Gasteiger partial charge in [0.1, 0.15) is 0 Å². The molecule has 0 aliphatic heterocycles. The summed E-state index contributed by atoms with van der Waals surface area (Å²) in [5.74, 6) is 1.86. The third-order valence-corrected chi connectivity index (χ3v) is 4.38. The Morgan fingerprint density at radius 1 is 1.11 bits per heavy atom. The highest BCUT2D eigenvalue weighted by Gasteiger charge is 2.22. The fourth-order valence-corrected chi connectivity index (χ4v) is 3.14. The molecule has 0 aromatic heterocycles. The maximum Gasteiger partial charge on any atom is 0.0960 e. The fourth-order valence-electron chi connectivity index (χ4n) is 3.14. The van der Waals surface area contributed by atoms with Crippen molar-refractivity contribution in [1.82, 2.24) is 0 Å². The van der Waals surface area contributed by atoms with Gasteiger partial charge < -0.3 is 10.2 Å². The minimum atomic E-state index is 0.286. The summed E-state index contributed by atoms with van der Waals surface area (Å²) in [6.45, 7) is 0. The Morgan fingerprint density at radius 3 is 2.78 bits per heavy atom. The zero-order chi connectivity index (χ0) is 12.5. The highest BCUT2D eigenvalue weighted by Crippen LogP contribution is 2.35. The van der Waals surface area contributed by atoms with E-state index in [4.69, 9.17) is 0 Å². The second kappa shape index (κ2) is 4.68. The Kier molecular flexibility index (Phi) is 3.02. The van der Waals surface area contributed by atoms with Crippen molar-refractivity contribution in [3.63, 3.8) is 0 Å². The Bertz CT molecular complexity index is 465. The third-order valence-electron chi connectivity index (χ3n) is 4.38. The first-order chi connectivity index (χ1) is 8.72. The van der Waals surface area contributed by atoms with Gasteiger partial charge in [0.25, 0.3) is 0 Å². The Balaban J connectivity index is 1.87. The molecular weight excluding hydrogens is 224 g/mol. The van der Waals surface area contributed by atoms with E-state index in [0.29, 0.717) is 17.4 Å². The average molecular weight is 244 g/mol. The molecule has 0 amide bonds. The summed E-state index contributed by atoms with van der Waals surface area (Å²) in [5.41, 5.74) is 2.28. The van der Waals surface area contributed by atoms with Crippen LogP contribution < -0.4 is 0 Å². The minimum Gasteiger partial charge on any atom is -0.512 e. The van der Waals surface area contributed by atoms with Crippen molar-refractivity contribution in [2.75, 3.05) is 0 Å². The quantitative estimate of drug-likeness (QED) is 0.665. The molecule has 0 aromatic carbocycles. The van der Waals surface area contributed by atoms with Crippen molar-refractivity contribution in [2.24, 2.45) is 11.8 Å². The van der Waals surface area contributed by atoms with Gasteiger partial charge in [-0.05, 0) is 55.2 Å². The molecule has 6 rings (SSSR count). The van der Waals surface area contributed by atoms with E-state index in [1.54, 1.807) is 0 Å². The molecular formula is C16H20O2. The van der Waals surface area contributed by atoms with Crippen LogP contribution in [0.15, 0.2) is 47.0 Å². The fraction of sp³-hybridized carbons (Fsp3) is 0.500. The van der Waals surface area contributed by atoms with Gasteiger partial charge in [-0.1, -0.05) is 18.2 Å². The van der Waals surface area contributed by atoms with Crippen LogP contribution in [0.2, 0.25) is 0 Å². The van der Waals surface area contributed by atoms with Crippen molar-refractivity contribution in [3.8, 4) is 0 Å². The number of rotatable bonds is 0. The van der Waals surface area contributed by atoms with E-state index < -0.39 is 0 Å². The van der Waals surface area contributed by atoms with Crippen molar-refractivity contribution >= 4 is 0 Å². The lowest BCUT2D eigenvalue weighted by molar-refractivity contribution is 0.294. The van der Waals surface area contributed by atoms with Gasteiger partial charge >= 0.3 is 0 Å². The lowest BCUT2D eigenvalue weighted by Gasteiger charge is -2.25. The molecule has 0 fully saturated rings. The summed E-state index contributed by atoms with van der Waals surface area (Å²) < 4.78 is 0. The minimum absolute atomic E-state index is 0.286. The number of hydrogen-bond donors (Lipinski definition) is 2. The standard InChI is InChI=1S/C16H20O2/c17-15-9-11-1-5-13(15)8-4-12-2-6-14(7-3-11)16(18)10-12/h1-2,5,10-11,14,17-18H,3-4,6-9H2/t11-,14+/m0/s1. The molecule has 6 aliphatic rings. The van der Waals surface area contributed by atoms with Crippen LogP contribution in [0, 0.1) is 11.8 Å². The van der Waals surface area contributed by atoms with E-state index in [0.717, 1.165) is 44.1 Å². The second-order valence-electron chi connectivity index (χ2n) is 5.65. The van der Waals surface area contributed by atoms with Gasteiger partial charge in [-0.25, -0.2) is 0 Å². The van der Waals surface area contributed by atoms with Crippen LogP contribution in [0.3, 0.4) is 0 Å². The summed E-state index contributed by atoms with van der Waals surface area (Å²) in [6, 6.07) is 0. The van der Waals surface area contributed by atoms with Gasteiger partial charge in [0.05, 0.1) is 11.5 Å². The third kappa shape index (κ3) is 2.24. The molecule has 2 heteroatoms. The van der Waals surface area contributed by atoms with E-state index in [1.165, 1.54) is 5.57 Å². The molecule has 0 saturated heterocycles. The van der Waals surface area contributed by atoms with Crippen LogP contribution in [-0.2, 0) is 0 Å². The SMILES string of the molecule is OC1=CC2=CC[C@@H]1CC[C@@H]1C=CC(=C(O)C1)CC2. The normalized spacial score (nSPS) is 31.8. The van der Waals surface area contributed by atoms with Crippen LogP contribution in [-0.4, -0.2) is 10.2 Å². The Labute approximate surface area is 108 Å². The van der Waals surface area contributed by atoms with Crippen LogP contribution >= 0.6 is 0 Å². The molecule has 18 heavy (non-hydrogen) atoms. The van der Waals surface area contributed by atoms with Gasteiger partial charge in [0.2, 0.25) is 0 Å². The highest BCUT2D eigenvalue weighted by atomic mass is 16.3. The van der Waals surface area contributed by atoms with Crippen LogP contribution in [0.25, 0.3) is 0 Å². The Morgan fingerprint density at radius 2 is 2.00 bits per heavy atom. The zero-order valence-electron chi connectivity index (χ0n) is 10.6. The maximum atomic E-state index is 10.0. The number of aliphatic hydroxyl groups is 2. The van der Waals surface area contributed by atoms with E-state index in [9.17, 15) is 10.2 Å². The van der Waals surface area contributed by atoms with E-state index in [-0.39, 0.29) is 5.92 Å². The van der Waals surface area contributed by atoms with Gasteiger partial charge in [0, 0.05) is 12.3 Å². The maximum absolute atomic E-state index is 10.0. The molecule has 0 aromatic rings. The lowest BCUT2D eigenvalue weighted by Crippen LogP contribution is -2.13. The summed E-state index contributed by atoms with van der Waals surface area (Å²) in [7, 11) is 0. The summed E-state index contributed by atoms with van der Waals surface area (Å²) in [6.07, 6.45) is 14.1. The first-order valence-corrected chi connectivity index (χ1v) is 6.91. The van der Waals surface area contributed by atoms with E-state index >= 15 is 0 Å². The first-order valence-electron chi connectivity index (χ1n) is 6.91. The highest BCUT2D eigenvalue weighted by molar-refractivity contribution is 5.32. The molecule has 0 heterocycles. The molecule has 2 atom stereocenters. The summed E-state index contributed by atoms with van der Waals surface area (Å²) in [4.78, 5) is 0. The van der Waals surface area contributed by atoms with Gasteiger partial charge in [-0.15, -0.1) is 0 Å². The monoisotopic (exact) mass is 244 g/mol. The average Bonchev–Trinajstić information content (AvgIpc) is 2.34. The molecule has 2 N–H and O–H groups in total. The molecule has 2 nitrogen and oxygen atoms in total. The molecule has 4 bridgehead atoms. The number of allylic oxidation sites excluding steroid dienone is 8. The van der Waals surface area contributed by atoms with Crippen LogP contribution in [0.4, 0.5) is 0 Å². The molecule has 0 saturated carbocycles. The smallest absolute Gasteiger partial charge is 0.0960 e. The predicted molar refractivity (Wildman–Crippen MR) is 72.3 cm³/mol. The molecule has 6 aliphatic carbocycles. The van der Waals surface area contributed by atoms with Crippen LogP contribution in [0.5, 0.6) is 0 Å². The first kappa shape index (κ1) is 11.6. The van der Waals surface area contributed by atoms with Crippen molar-refractivity contribution in [3.05, 3.63) is 47.0 Å². The van der Waals surface area contributed by atoms with Gasteiger partial charge in [-0.3, -0.25) is 0 Å². The largest absolute Gasteiger partial charge is 0.512 e. The molecule has 96 valence electrons. The molecule has 0 spiro atoms.